The molecule has 0 spiro atoms. The topological polar surface area (TPSA) is 105 Å². The first-order valence-electron chi connectivity index (χ1n) is 9.42. The summed E-state index contributed by atoms with van der Waals surface area (Å²) in [5, 5.41) is 7.77. The molecule has 1 aliphatic rings. The molecular formula is C21H17Cl2FN4O3S. The Hall–Kier alpha value is -2.72. The van der Waals surface area contributed by atoms with Crippen molar-refractivity contribution in [3.05, 3.63) is 81.7 Å². The van der Waals surface area contributed by atoms with Crippen molar-refractivity contribution in [3.8, 4) is 0 Å². The zero-order chi connectivity index (χ0) is 23.0. The van der Waals surface area contributed by atoms with E-state index in [9.17, 15) is 17.6 Å². The van der Waals surface area contributed by atoms with E-state index in [-0.39, 0.29) is 33.9 Å². The standard InChI is InChI=1S/C21H17Cl2FN4O3S/c22-14-2-1-3-16(8-14)27-19-17(9-26-20(18(19)23)32(25,30)31)21(29)28-10-13(11-28)12-4-6-15(24)7-5-12/h1-9,13H,10-11H2,(H,26,27)(H2,25,30,31). The van der Waals surface area contributed by atoms with Crippen LogP contribution in [-0.2, 0) is 10.0 Å². The molecule has 1 amide bonds. The molecule has 2 heterocycles. The fraction of sp³-hybridized carbons (Fsp3) is 0.143. The lowest BCUT2D eigenvalue weighted by Gasteiger charge is -2.40. The number of halogens is 3. The molecule has 0 atom stereocenters. The van der Waals surface area contributed by atoms with Crippen molar-refractivity contribution in [1.82, 2.24) is 9.88 Å². The molecule has 0 aliphatic carbocycles. The Morgan fingerprint density at radius 2 is 1.84 bits per heavy atom. The van der Waals surface area contributed by atoms with Gasteiger partial charge in [0.1, 0.15) is 10.8 Å². The van der Waals surface area contributed by atoms with Gasteiger partial charge in [0.25, 0.3) is 15.9 Å². The Kier molecular flexibility index (Phi) is 6.09. The summed E-state index contributed by atoms with van der Waals surface area (Å²) in [7, 11) is -4.22. The molecule has 1 fully saturated rings. The fourth-order valence-corrected chi connectivity index (χ4v) is 4.69. The number of primary sulfonamides is 1. The summed E-state index contributed by atoms with van der Waals surface area (Å²) in [5.41, 5.74) is 1.56. The summed E-state index contributed by atoms with van der Waals surface area (Å²) in [6, 6.07) is 12.8. The van der Waals surface area contributed by atoms with Crippen LogP contribution >= 0.6 is 23.2 Å². The van der Waals surface area contributed by atoms with Gasteiger partial charge >= 0.3 is 0 Å². The minimum absolute atomic E-state index is 0.0585. The van der Waals surface area contributed by atoms with Crippen LogP contribution in [0, 0.1) is 5.82 Å². The van der Waals surface area contributed by atoms with Gasteiger partial charge in [-0.25, -0.2) is 22.9 Å². The van der Waals surface area contributed by atoms with E-state index >= 15 is 0 Å². The third-order valence-electron chi connectivity index (χ3n) is 5.09. The van der Waals surface area contributed by atoms with E-state index < -0.39 is 15.0 Å². The number of sulfonamides is 1. The number of carbonyl (C=O) groups excluding carboxylic acids is 1. The van der Waals surface area contributed by atoms with Crippen molar-refractivity contribution < 1.29 is 17.6 Å². The van der Waals surface area contributed by atoms with Crippen LogP contribution in [0.15, 0.2) is 59.8 Å². The van der Waals surface area contributed by atoms with Gasteiger partial charge < -0.3 is 10.2 Å². The second kappa shape index (κ2) is 8.67. The summed E-state index contributed by atoms with van der Waals surface area (Å²) in [5.74, 6) is -0.646. The van der Waals surface area contributed by atoms with Gasteiger partial charge in [0.05, 0.1) is 11.3 Å². The van der Waals surface area contributed by atoms with Crippen molar-refractivity contribution in [2.24, 2.45) is 5.14 Å². The molecule has 0 radical (unpaired) electrons. The van der Waals surface area contributed by atoms with Gasteiger partial charge in [0.15, 0.2) is 5.03 Å². The highest BCUT2D eigenvalue weighted by Gasteiger charge is 2.34. The molecule has 7 nitrogen and oxygen atoms in total. The van der Waals surface area contributed by atoms with Gasteiger partial charge in [0, 0.05) is 35.9 Å². The smallest absolute Gasteiger partial charge is 0.257 e. The molecule has 0 saturated carbocycles. The zero-order valence-electron chi connectivity index (χ0n) is 16.4. The Morgan fingerprint density at radius 1 is 1.16 bits per heavy atom. The molecular weight excluding hydrogens is 478 g/mol. The van der Waals surface area contributed by atoms with Crippen molar-refractivity contribution in [1.29, 1.82) is 0 Å². The van der Waals surface area contributed by atoms with E-state index in [2.05, 4.69) is 10.3 Å². The average Bonchev–Trinajstić information content (AvgIpc) is 2.68. The first-order chi connectivity index (χ1) is 15.1. The lowest BCUT2D eigenvalue weighted by molar-refractivity contribution is 0.0602. The molecule has 3 aromatic rings. The summed E-state index contributed by atoms with van der Waals surface area (Å²) in [4.78, 5) is 18.6. The van der Waals surface area contributed by atoms with Gasteiger partial charge in [-0.2, -0.15) is 0 Å². The maximum Gasteiger partial charge on any atom is 0.257 e. The summed E-state index contributed by atoms with van der Waals surface area (Å²) < 4.78 is 36.9. The number of anilines is 2. The maximum absolute atomic E-state index is 13.2. The minimum Gasteiger partial charge on any atom is -0.353 e. The number of aromatic nitrogens is 1. The number of carbonyl (C=O) groups is 1. The van der Waals surface area contributed by atoms with Crippen molar-refractivity contribution in [2.75, 3.05) is 18.4 Å². The molecule has 2 aromatic carbocycles. The van der Waals surface area contributed by atoms with Crippen LogP contribution in [0.2, 0.25) is 10.0 Å². The fourth-order valence-electron chi connectivity index (χ4n) is 3.42. The van der Waals surface area contributed by atoms with Gasteiger partial charge in [-0.15, -0.1) is 0 Å². The average molecular weight is 495 g/mol. The second-order valence-corrected chi connectivity index (χ2v) is 9.60. The van der Waals surface area contributed by atoms with Gasteiger partial charge in [-0.3, -0.25) is 4.79 Å². The number of amides is 1. The summed E-state index contributed by atoms with van der Waals surface area (Å²) in [6.07, 6.45) is 1.13. The molecule has 11 heteroatoms. The van der Waals surface area contributed by atoms with E-state index in [1.54, 1.807) is 41.3 Å². The lowest BCUT2D eigenvalue weighted by Crippen LogP contribution is -2.48. The lowest BCUT2D eigenvalue weighted by atomic mass is 9.91. The van der Waals surface area contributed by atoms with Gasteiger partial charge in [-0.1, -0.05) is 41.4 Å². The van der Waals surface area contributed by atoms with E-state index in [0.717, 1.165) is 11.8 Å². The van der Waals surface area contributed by atoms with Crippen LogP contribution in [-0.4, -0.2) is 37.3 Å². The molecule has 1 saturated heterocycles. The van der Waals surface area contributed by atoms with Crippen LogP contribution in [0.1, 0.15) is 21.8 Å². The predicted octanol–water partition coefficient (Wildman–Crippen LogP) is 4.16. The number of hydrogen-bond donors (Lipinski definition) is 2. The zero-order valence-corrected chi connectivity index (χ0v) is 18.8. The quantitative estimate of drug-likeness (QED) is 0.553. The molecule has 32 heavy (non-hydrogen) atoms. The Balaban J connectivity index is 1.65. The number of benzene rings is 2. The first-order valence-corrected chi connectivity index (χ1v) is 11.7. The third-order valence-corrected chi connectivity index (χ3v) is 6.66. The Bertz CT molecular complexity index is 1300. The van der Waals surface area contributed by atoms with E-state index in [0.29, 0.717) is 23.8 Å². The highest BCUT2D eigenvalue weighted by molar-refractivity contribution is 7.89. The molecule has 0 unspecified atom stereocenters. The van der Waals surface area contributed by atoms with Gasteiger partial charge in [0.2, 0.25) is 0 Å². The monoisotopic (exact) mass is 494 g/mol. The molecule has 1 aromatic heterocycles. The number of rotatable bonds is 5. The van der Waals surface area contributed by atoms with E-state index in [1.807, 2.05) is 0 Å². The maximum atomic E-state index is 13.2. The van der Waals surface area contributed by atoms with Crippen LogP contribution in [0.5, 0.6) is 0 Å². The highest BCUT2D eigenvalue weighted by Crippen LogP contribution is 2.36. The Morgan fingerprint density at radius 3 is 2.47 bits per heavy atom. The number of nitrogens with zero attached hydrogens (tertiary/aromatic N) is 2. The third kappa shape index (κ3) is 4.56. The number of hydrogen-bond acceptors (Lipinski definition) is 5. The molecule has 3 N–H and O–H groups in total. The number of nitrogens with one attached hydrogen (secondary N) is 1. The van der Waals surface area contributed by atoms with E-state index in [1.165, 1.54) is 12.1 Å². The molecule has 4 rings (SSSR count). The number of nitrogens with two attached hydrogens (primary N) is 1. The SMILES string of the molecule is NS(=O)(=O)c1ncc(C(=O)N2CC(c3ccc(F)cc3)C2)c(Nc2cccc(Cl)c2)c1Cl. The normalized spacial score (nSPS) is 14.2. The first kappa shape index (κ1) is 22.5. The number of pyridine rings is 1. The predicted molar refractivity (Wildman–Crippen MR) is 120 cm³/mol. The minimum atomic E-state index is -4.22. The molecule has 166 valence electrons. The summed E-state index contributed by atoms with van der Waals surface area (Å²) in [6.45, 7) is 0.825. The summed E-state index contributed by atoms with van der Waals surface area (Å²) >= 11 is 12.3. The molecule has 1 aliphatic heterocycles. The van der Waals surface area contributed by atoms with Crippen LogP contribution in [0.25, 0.3) is 0 Å². The van der Waals surface area contributed by atoms with Crippen LogP contribution in [0.3, 0.4) is 0 Å². The van der Waals surface area contributed by atoms with E-state index in [4.69, 9.17) is 28.3 Å². The van der Waals surface area contributed by atoms with Crippen molar-refractivity contribution >= 4 is 50.5 Å². The number of likely N-dealkylation sites (tertiary alicyclic amines) is 1. The highest BCUT2D eigenvalue weighted by atomic mass is 35.5. The second-order valence-electron chi connectivity index (χ2n) is 7.30. The largest absolute Gasteiger partial charge is 0.353 e. The Labute approximate surface area is 194 Å². The van der Waals surface area contributed by atoms with Crippen LogP contribution in [0.4, 0.5) is 15.8 Å². The van der Waals surface area contributed by atoms with Gasteiger partial charge in [-0.05, 0) is 35.9 Å². The van der Waals surface area contributed by atoms with Crippen LogP contribution < -0.4 is 10.5 Å². The van der Waals surface area contributed by atoms with Crippen molar-refractivity contribution in [2.45, 2.75) is 10.9 Å². The molecule has 0 bridgehead atoms. The van der Waals surface area contributed by atoms with Crippen molar-refractivity contribution in [3.63, 3.8) is 0 Å².